The summed E-state index contributed by atoms with van der Waals surface area (Å²) in [6, 6.07) is 0. The van der Waals surface area contributed by atoms with Gasteiger partial charge in [0.25, 0.3) is 0 Å². The van der Waals surface area contributed by atoms with Crippen molar-refractivity contribution in [3.8, 4) is 0 Å². The molecule has 31 heavy (non-hydrogen) atoms. The van der Waals surface area contributed by atoms with Crippen molar-refractivity contribution in [2.75, 3.05) is 18.4 Å². The van der Waals surface area contributed by atoms with Crippen molar-refractivity contribution >= 4 is 27.6 Å². The molecule has 2 aliphatic rings. The standard InChI is InChI=1S/C19H27ClN6O4S/c1-12(15(29-3)16-21-10-13(20)11-22-16)31(27,28)25-18-24-23-17(14-6-4-5-9-30-14)26(18)19(2)7-8-19/h10-12,14-15H,4-9H2,1-3H3,(H,24,25)/t12?,14-,15?/m1/s1. The first-order valence-corrected chi connectivity index (χ1v) is 12.3. The van der Waals surface area contributed by atoms with Crippen molar-refractivity contribution in [3.63, 3.8) is 0 Å². The maximum Gasteiger partial charge on any atom is 0.240 e. The fourth-order valence-corrected chi connectivity index (χ4v) is 5.04. The average molecular weight is 471 g/mol. The Labute approximate surface area is 186 Å². The number of rotatable bonds is 8. The number of hydrogen-bond donors (Lipinski definition) is 1. The summed E-state index contributed by atoms with van der Waals surface area (Å²) in [4.78, 5) is 8.23. The van der Waals surface area contributed by atoms with Crippen molar-refractivity contribution in [3.05, 3.63) is 29.1 Å². The molecule has 0 radical (unpaired) electrons. The molecule has 0 spiro atoms. The van der Waals surface area contributed by atoms with Crippen molar-refractivity contribution in [1.82, 2.24) is 24.7 Å². The largest absolute Gasteiger partial charge is 0.372 e. The second-order valence-corrected chi connectivity index (χ2v) is 10.8. The van der Waals surface area contributed by atoms with E-state index >= 15 is 0 Å². The van der Waals surface area contributed by atoms with E-state index in [1.165, 1.54) is 19.5 Å². The van der Waals surface area contributed by atoms with Gasteiger partial charge in [0.2, 0.25) is 16.0 Å². The molecule has 3 atom stereocenters. The first kappa shape index (κ1) is 22.4. The fraction of sp³-hybridized carbons (Fsp3) is 0.684. The van der Waals surface area contributed by atoms with Crippen LogP contribution in [0.2, 0.25) is 5.02 Å². The van der Waals surface area contributed by atoms with E-state index in [9.17, 15) is 8.42 Å². The molecule has 2 unspecified atom stereocenters. The molecular formula is C19H27ClN6O4S. The molecular weight excluding hydrogens is 444 g/mol. The van der Waals surface area contributed by atoms with Crippen LogP contribution in [0, 0.1) is 0 Å². The number of aromatic nitrogens is 5. The smallest absolute Gasteiger partial charge is 0.240 e. The third-order valence-electron chi connectivity index (χ3n) is 5.97. The Hall–Kier alpha value is -1.82. The molecule has 2 aromatic rings. The van der Waals surface area contributed by atoms with E-state index in [1.54, 1.807) is 6.92 Å². The Bertz CT molecular complexity index is 1020. The predicted octanol–water partition coefficient (Wildman–Crippen LogP) is 2.99. The SMILES string of the molecule is COC(c1ncc(Cl)cn1)C(C)S(=O)(=O)Nc1nnc([C@H]2CCCCO2)n1C1(C)CC1. The van der Waals surface area contributed by atoms with E-state index in [2.05, 4.69) is 31.8 Å². The quantitative estimate of drug-likeness (QED) is 0.624. The summed E-state index contributed by atoms with van der Waals surface area (Å²) < 4.78 is 42.3. The number of sulfonamides is 1. The van der Waals surface area contributed by atoms with Gasteiger partial charge < -0.3 is 9.47 Å². The highest BCUT2D eigenvalue weighted by Gasteiger charge is 2.45. The molecule has 1 N–H and O–H groups in total. The van der Waals surface area contributed by atoms with Gasteiger partial charge in [0.15, 0.2) is 11.6 Å². The van der Waals surface area contributed by atoms with E-state index in [0.717, 1.165) is 32.1 Å². The Morgan fingerprint density at radius 2 is 2.00 bits per heavy atom. The van der Waals surface area contributed by atoms with Crippen LogP contribution in [0.15, 0.2) is 12.4 Å². The molecule has 0 bridgehead atoms. The molecule has 3 heterocycles. The van der Waals surface area contributed by atoms with Gasteiger partial charge in [-0.25, -0.2) is 18.4 Å². The van der Waals surface area contributed by atoms with Gasteiger partial charge in [0, 0.05) is 31.6 Å². The lowest BCUT2D eigenvalue weighted by Gasteiger charge is -2.26. The molecule has 10 nitrogen and oxygen atoms in total. The molecule has 12 heteroatoms. The van der Waals surface area contributed by atoms with E-state index in [4.69, 9.17) is 21.1 Å². The van der Waals surface area contributed by atoms with Crippen molar-refractivity contribution < 1.29 is 17.9 Å². The lowest BCUT2D eigenvalue weighted by Crippen LogP contribution is -2.34. The van der Waals surface area contributed by atoms with E-state index in [1.807, 2.05) is 4.57 Å². The Morgan fingerprint density at radius 3 is 2.58 bits per heavy atom. The van der Waals surface area contributed by atoms with Crippen LogP contribution in [0.5, 0.6) is 0 Å². The fourth-order valence-electron chi connectivity index (χ4n) is 3.81. The number of nitrogens with one attached hydrogen (secondary N) is 1. The minimum Gasteiger partial charge on any atom is -0.372 e. The van der Waals surface area contributed by atoms with Crippen LogP contribution >= 0.6 is 11.6 Å². The lowest BCUT2D eigenvalue weighted by atomic mass is 10.1. The van der Waals surface area contributed by atoms with Crippen molar-refractivity contribution in [2.24, 2.45) is 0 Å². The molecule has 1 saturated carbocycles. The molecule has 1 saturated heterocycles. The topological polar surface area (TPSA) is 121 Å². The Morgan fingerprint density at radius 1 is 1.29 bits per heavy atom. The third kappa shape index (κ3) is 4.55. The van der Waals surface area contributed by atoms with Crippen LogP contribution in [-0.4, -0.2) is 52.1 Å². The molecule has 1 aliphatic heterocycles. The van der Waals surface area contributed by atoms with Gasteiger partial charge in [-0.05, 0) is 46.0 Å². The summed E-state index contributed by atoms with van der Waals surface area (Å²) in [6.07, 6.45) is 6.51. The normalized spacial score (nSPS) is 22.6. The number of ether oxygens (including phenoxy) is 2. The van der Waals surface area contributed by atoms with E-state index in [0.29, 0.717) is 17.5 Å². The van der Waals surface area contributed by atoms with Crippen LogP contribution in [0.4, 0.5) is 5.95 Å². The minimum absolute atomic E-state index is 0.177. The second kappa shape index (κ2) is 8.61. The maximum atomic E-state index is 13.2. The monoisotopic (exact) mass is 470 g/mol. The molecule has 0 amide bonds. The zero-order chi connectivity index (χ0) is 22.2. The third-order valence-corrected chi connectivity index (χ3v) is 7.86. The van der Waals surface area contributed by atoms with Crippen LogP contribution in [0.1, 0.15) is 69.8 Å². The number of nitrogens with zero attached hydrogens (tertiary/aromatic N) is 5. The highest BCUT2D eigenvalue weighted by atomic mass is 35.5. The highest BCUT2D eigenvalue weighted by Crippen LogP contribution is 2.47. The average Bonchev–Trinajstić information content (AvgIpc) is 3.36. The summed E-state index contributed by atoms with van der Waals surface area (Å²) in [5, 5.41) is 7.86. The molecule has 2 aromatic heterocycles. The molecule has 2 fully saturated rings. The van der Waals surface area contributed by atoms with Gasteiger partial charge in [-0.3, -0.25) is 9.29 Å². The van der Waals surface area contributed by atoms with Crippen LogP contribution in [0.25, 0.3) is 0 Å². The van der Waals surface area contributed by atoms with Gasteiger partial charge in [-0.2, -0.15) is 0 Å². The van der Waals surface area contributed by atoms with Gasteiger partial charge in [0.05, 0.1) is 5.02 Å². The molecule has 4 rings (SSSR count). The predicted molar refractivity (Wildman–Crippen MR) is 114 cm³/mol. The van der Waals surface area contributed by atoms with Gasteiger partial charge in [0.1, 0.15) is 17.5 Å². The molecule has 1 aliphatic carbocycles. The Kier molecular flexibility index (Phi) is 6.21. The van der Waals surface area contributed by atoms with Gasteiger partial charge in [-0.1, -0.05) is 11.6 Å². The second-order valence-electron chi connectivity index (χ2n) is 8.34. The van der Waals surface area contributed by atoms with Gasteiger partial charge in [-0.15, -0.1) is 10.2 Å². The number of hydrogen-bond acceptors (Lipinski definition) is 8. The van der Waals surface area contributed by atoms with Crippen molar-refractivity contribution in [2.45, 2.75) is 68.9 Å². The lowest BCUT2D eigenvalue weighted by molar-refractivity contribution is 0.00617. The highest BCUT2D eigenvalue weighted by molar-refractivity contribution is 7.93. The first-order valence-electron chi connectivity index (χ1n) is 10.3. The van der Waals surface area contributed by atoms with Crippen LogP contribution in [-0.2, 0) is 25.0 Å². The van der Waals surface area contributed by atoms with Crippen LogP contribution in [0.3, 0.4) is 0 Å². The minimum atomic E-state index is -3.91. The number of halogens is 1. The molecule has 0 aromatic carbocycles. The zero-order valence-corrected chi connectivity index (χ0v) is 19.4. The van der Waals surface area contributed by atoms with Crippen molar-refractivity contribution in [1.29, 1.82) is 0 Å². The summed E-state index contributed by atoms with van der Waals surface area (Å²) >= 11 is 5.84. The Balaban J connectivity index is 1.61. The zero-order valence-electron chi connectivity index (χ0n) is 17.8. The summed E-state index contributed by atoms with van der Waals surface area (Å²) in [5.74, 6) is 1.11. The maximum absolute atomic E-state index is 13.2. The summed E-state index contributed by atoms with van der Waals surface area (Å²) in [5.41, 5.74) is -0.222. The van der Waals surface area contributed by atoms with Crippen LogP contribution < -0.4 is 4.72 Å². The number of anilines is 1. The number of methoxy groups -OCH3 is 1. The summed E-state index contributed by atoms with van der Waals surface area (Å²) in [7, 11) is -2.49. The van der Waals surface area contributed by atoms with Gasteiger partial charge >= 0.3 is 0 Å². The first-order chi connectivity index (χ1) is 14.7. The molecule has 170 valence electrons. The van der Waals surface area contributed by atoms with E-state index in [-0.39, 0.29) is 23.4 Å². The van der Waals surface area contributed by atoms with E-state index < -0.39 is 21.4 Å². The summed E-state index contributed by atoms with van der Waals surface area (Å²) in [6.45, 7) is 4.28.